The molecule has 0 radical (unpaired) electrons. The highest BCUT2D eigenvalue weighted by molar-refractivity contribution is 5.47. The van der Waals surface area contributed by atoms with E-state index >= 15 is 0 Å². The van der Waals surface area contributed by atoms with Gasteiger partial charge in [0.15, 0.2) is 11.5 Å². The van der Waals surface area contributed by atoms with Crippen LogP contribution in [-0.2, 0) is 6.42 Å². The lowest BCUT2D eigenvalue weighted by Crippen LogP contribution is -2.29. The van der Waals surface area contributed by atoms with E-state index in [0.717, 1.165) is 24.5 Å². The minimum Gasteiger partial charge on any atom is -0.486 e. The molecule has 1 aromatic rings. The standard InChI is InChI=1S/C15H20N2O2/c1-11-8-14-15(19-7-6-18-14)9-13(11)4-5-17(3)12(2)10-16/h8-9,12H,4-7H2,1-3H3. The lowest BCUT2D eigenvalue weighted by Gasteiger charge is -2.22. The molecule has 19 heavy (non-hydrogen) atoms. The van der Waals surface area contributed by atoms with E-state index in [1.54, 1.807) is 0 Å². The number of ether oxygens (including phenoxy) is 2. The molecule has 4 nitrogen and oxygen atoms in total. The fourth-order valence-corrected chi connectivity index (χ4v) is 2.09. The Kier molecular flexibility index (Phi) is 4.28. The number of hydrogen-bond donors (Lipinski definition) is 0. The monoisotopic (exact) mass is 260 g/mol. The SMILES string of the molecule is Cc1cc2c(cc1CCN(C)C(C)C#N)OCCO2. The number of benzene rings is 1. The van der Waals surface area contributed by atoms with Crippen molar-refractivity contribution < 1.29 is 9.47 Å². The van der Waals surface area contributed by atoms with Crippen molar-refractivity contribution in [3.63, 3.8) is 0 Å². The van der Waals surface area contributed by atoms with Gasteiger partial charge in [0.1, 0.15) is 13.2 Å². The third-order valence-corrected chi connectivity index (χ3v) is 3.58. The van der Waals surface area contributed by atoms with E-state index in [2.05, 4.69) is 24.0 Å². The minimum absolute atomic E-state index is 0.0579. The Morgan fingerprint density at radius 3 is 2.58 bits per heavy atom. The van der Waals surface area contributed by atoms with Crippen molar-refractivity contribution in [2.24, 2.45) is 0 Å². The molecule has 102 valence electrons. The van der Waals surface area contributed by atoms with Crippen LogP contribution in [0.3, 0.4) is 0 Å². The Morgan fingerprint density at radius 2 is 1.95 bits per heavy atom. The summed E-state index contributed by atoms with van der Waals surface area (Å²) in [6.45, 7) is 6.09. The number of rotatable bonds is 4. The number of likely N-dealkylation sites (N-methyl/N-ethyl adjacent to an activating group) is 1. The molecule has 1 atom stereocenters. The molecule has 1 unspecified atom stereocenters. The Balaban J connectivity index is 2.07. The van der Waals surface area contributed by atoms with Crippen molar-refractivity contribution in [1.82, 2.24) is 4.90 Å². The summed E-state index contributed by atoms with van der Waals surface area (Å²) in [5, 5.41) is 8.89. The first-order valence-corrected chi connectivity index (χ1v) is 6.61. The van der Waals surface area contributed by atoms with Crippen LogP contribution in [0, 0.1) is 18.3 Å². The predicted octanol–water partition coefficient (Wildman–Crippen LogP) is 2.15. The van der Waals surface area contributed by atoms with E-state index in [9.17, 15) is 0 Å². The van der Waals surface area contributed by atoms with Crippen molar-refractivity contribution >= 4 is 0 Å². The molecule has 0 aliphatic carbocycles. The number of aryl methyl sites for hydroxylation is 1. The smallest absolute Gasteiger partial charge is 0.161 e. The Hall–Kier alpha value is -1.73. The van der Waals surface area contributed by atoms with E-state index < -0.39 is 0 Å². The van der Waals surface area contributed by atoms with Gasteiger partial charge in [0.05, 0.1) is 12.1 Å². The fourth-order valence-electron chi connectivity index (χ4n) is 2.09. The maximum absolute atomic E-state index is 8.89. The van der Waals surface area contributed by atoms with Crippen molar-refractivity contribution in [3.8, 4) is 17.6 Å². The van der Waals surface area contributed by atoms with E-state index in [1.165, 1.54) is 11.1 Å². The van der Waals surface area contributed by atoms with Crippen LogP contribution >= 0.6 is 0 Å². The quantitative estimate of drug-likeness (QED) is 0.832. The maximum atomic E-state index is 8.89. The molecule has 0 amide bonds. The summed E-state index contributed by atoms with van der Waals surface area (Å²) in [4.78, 5) is 2.05. The Labute approximate surface area is 114 Å². The largest absolute Gasteiger partial charge is 0.486 e. The molecule has 4 heteroatoms. The second-order valence-corrected chi connectivity index (χ2v) is 4.96. The molecule has 0 spiro atoms. The molecule has 0 bridgehead atoms. The van der Waals surface area contributed by atoms with Gasteiger partial charge in [0.25, 0.3) is 0 Å². The zero-order chi connectivity index (χ0) is 13.8. The van der Waals surface area contributed by atoms with Gasteiger partial charge in [-0.15, -0.1) is 0 Å². The number of hydrogen-bond acceptors (Lipinski definition) is 4. The number of nitriles is 1. The first-order chi connectivity index (χ1) is 9.11. The summed E-state index contributed by atoms with van der Waals surface area (Å²) in [6.07, 6.45) is 0.908. The van der Waals surface area contributed by atoms with Crippen LogP contribution in [0.2, 0.25) is 0 Å². The third kappa shape index (κ3) is 3.18. The summed E-state index contributed by atoms with van der Waals surface area (Å²) in [6, 6.07) is 6.29. The summed E-state index contributed by atoms with van der Waals surface area (Å²) in [7, 11) is 1.97. The Morgan fingerprint density at radius 1 is 1.32 bits per heavy atom. The molecule has 0 saturated carbocycles. The van der Waals surface area contributed by atoms with E-state index in [0.29, 0.717) is 13.2 Å². The summed E-state index contributed by atoms with van der Waals surface area (Å²) in [5.74, 6) is 1.68. The van der Waals surface area contributed by atoms with Gasteiger partial charge in [-0.1, -0.05) is 0 Å². The molecule has 0 N–H and O–H groups in total. The Bertz CT molecular complexity index is 494. The van der Waals surface area contributed by atoms with Crippen molar-refractivity contribution in [1.29, 1.82) is 5.26 Å². The summed E-state index contributed by atoms with van der Waals surface area (Å²) < 4.78 is 11.2. The zero-order valence-corrected chi connectivity index (χ0v) is 11.8. The number of nitrogens with zero attached hydrogens (tertiary/aromatic N) is 2. The molecule has 0 aromatic heterocycles. The average Bonchev–Trinajstić information content (AvgIpc) is 2.43. The van der Waals surface area contributed by atoms with Crippen LogP contribution in [0.1, 0.15) is 18.1 Å². The molecule has 1 aliphatic heterocycles. The van der Waals surface area contributed by atoms with Gasteiger partial charge in [-0.25, -0.2) is 0 Å². The maximum Gasteiger partial charge on any atom is 0.161 e. The first kappa shape index (κ1) is 13.7. The lowest BCUT2D eigenvalue weighted by atomic mass is 10.0. The molecule has 1 aliphatic rings. The molecular weight excluding hydrogens is 240 g/mol. The van der Waals surface area contributed by atoms with Gasteiger partial charge < -0.3 is 9.47 Å². The first-order valence-electron chi connectivity index (χ1n) is 6.61. The number of fused-ring (bicyclic) bond motifs is 1. The minimum atomic E-state index is -0.0579. The predicted molar refractivity (Wildman–Crippen MR) is 73.6 cm³/mol. The summed E-state index contributed by atoms with van der Waals surface area (Å²) >= 11 is 0. The lowest BCUT2D eigenvalue weighted by molar-refractivity contribution is 0.171. The molecule has 0 saturated heterocycles. The van der Waals surface area contributed by atoms with Crippen LogP contribution in [0.5, 0.6) is 11.5 Å². The van der Waals surface area contributed by atoms with Gasteiger partial charge in [0.2, 0.25) is 0 Å². The highest BCUT2D eigenvalue weighted by atomic mass is 16.6. The molecule has 2 rings (SSSR count). The van der Waals surface area contributed by atoms with Crippen LogP contribution in [-0.4, -0.2) is 37.7 Å². The van der Waals surface area contributed by atoms with Gasteiger partial charge >= 0.3 is 0 Å². The van der Waals surface area contributed by atoms with Gasteiger partial charge in [-0.2, -0.15) is 5.26 Å². The normalized spacial score (nSPS) is 15.1. The van der Waals surface area contributed by atoms with Crippen LogP contribution in [0.25, 0.3) is 0 Å². The van der Waals surface area contributed by atoms with Gasteiger partial charge in [-0.3, -0.25) is 4.90 Å². The van der Waals surface area contributed by atoms with Crippen molar-refractivity contribution in [2.45, 2.75) is 26.3 Å². The fraction of sp³-hybridized carbons (Fsp3) is 0.533. The highest BCUT2D eigenvalue weighted by Gasteiger charge is 2.15. The average molecular weight is 260 g/mol. The highest BCUT2D eigenvalue weighted by Crippen LogP contribution is 2.33. The van der Waals surface area contributed by atoms with E-state index in [-0.39, 0.29) is 6.04 Å². The zero-order valence-electron chi connectivity index (χ0n) is 11.8. The van der Waals surface area contributed by atoms with Gasteiger partial charge in [0, 0.05) is 6.54 Å². The molecule has 1 aromatic carbocycles. The van der Waals surface area contributed by atoms with Crippen molar-refractivity contribution in [3.05, 3.63) is 23.3 Å². The third-order valence-electron chi connectivity index (χ3n) is 3.58. The molecule has 0 fully saturated rings. The van der Waals surface area contributed by atoms with Crippen LogP contribution in [0.4, 0.5) is 0 Å². The van der Waals surface area contributed by atoms with E-state index in [4.69, 9.17) is 14.7 Å². The van der Waals surface area contributed by atoms with E-state index in [1.807, 2.05) is 20.0 Å². The van der Waals surface area contributed by atoms with Crippen LogP contribution < -0.4 is 9.47 Å². The second-order valence-electron chi connectivity index (χ2n) is 4.96. The van der Waals surface area contributed by atoms with Crippen molar-refractivity contribution in [2.75, 3.05) is 26.8 Å². The topological polar surface area (TPSA) is 45.5 Å². The molecule has 1 heterocycles. The second kappa shape index (κ2) is 5.94. The van der Waals surface area contributed by atoms with Crippen LogP contribution in [0.15, 0.2) is 12.1 Å². The van der Waals surface area contributed by atoms with Gasteiger partial charge in [-0.05, 0) is 50.6 Å². The summed E-state index contributed by atoms with van der Waals surface area (Å²) in [5.41, 5.74) is 2.46. The molecular formula is C15H20N2O2.